The number of carboxylic acid groups (broad SMARTS) is 1. The fraction of sp³-hybridized carbons (Fsp3) is 0.385. The zero-order chi connectivity index (χ0) is 16.6. The summed E-state index contributed by atoms with van der Waals surface area (Å²) in [6.07, 6.45) is 1.03. The first-order valence-corrected chi connectivity index (χ1v) is 6.43. The first kappa shape index (κ1) is 15.5. The van der Waals surface area contributed by atoms with Crippen molar-refractivity contribution >= 4 is 17.8 Å². The fourth-order valence-corrected chi connectivity index (χ4v) is 2.14. The normalized spacial score (nSPS) is 13.7. The molecular weight excluding hydrogens is 294 g/mol. The van der Waals surface area contributed by atoms with Crippen LogP contribution in [0.1, 0.15) is 20.8 Å². The minimum atomic E-state index is -1.48. The molecule has 0 saturated carbocycles. The van der Waals surface area contributed by atoms with Crippen molar-refractivity contribution in [3.63, 3.8) is 0 Å². The molecule has 1 aromatic heterocycles. The minimum absolute atomic E-state index is 0.173. The number of likely N-dealkylation sites (N-methyl/N-ethyl adjacent to an activating group) is 1. The zero-order valence-electron chi connectivity index (χ0n) is 12.1. The SMILES string of the molecule is CN(C)C(=O)CN1CCn2cc(C(=O)O)c(=O)c(O)c2C1=O. The second-order valence-electron chi connectivity index (χ2n) is 5.08. The molecule has 9 nitrogen and oxygen atoms in total. The second kappa shape index (κ2) is 5.51. The summed E-state index contributed by atoms with van der Waals surface area (Å²) in [5, 5.41) is 18.8. The first-order chi connectivity index (χ1) is 10.2. The molecule has 1 aromatic rings. The van der Waals surface area contributed by atoms with Crippen LogP contribution in [-0.4, -0.2) is 69.5 Å². The molecule has 22 heavy (non-hydrogen) atoms. The van der Waals surface area contributed by atoms with Crippen molar-refractivity contribution in [3.05, 3.63) is 27.7 Å². The number of carbonyl (C=O) groups excluding carboxylic acids is 2. The van der Waals surface area contributed by atoms with Gasteiger partial charge in [0.15, 0.2) is 11.4 Å². The number of carboxylic acids is 1. The van der Waals surface area contributed by atoms with E-state index < -0.39 is 28.6 Å². The summed E-state index contributed by atoms with van der Waals surface area (Å²) < 4.78 is 1.22. The van der Waals surface area contributed by atoms with Crippen LogP contribution in [0, 0.1) is 0 Å². The van der Waals surface area contributed by atoms with Gasteiger partial charge in [0.05, 0.1) is 0 Å². The summed E-state index contributed by atoms with van der Waals surface area (Å²) in [6, 6.07) is 0. The molecule has 2 amide bonds. The van der Waals surface area contributed by atoms with Gasteiger partial charge in [-0.25, -0.2) is 4.79 Å². The Balaban J connectivity index is 2.43. The third-order valence-electron chi connectivity index (χ3n) is 3.41. The highest BCUT2D eigenvalue weighted by Gasteiger charge is 2.31. The van der Waals surface area contributed by atoms with Crippen LogP contribution in [0.4, 0.5) is 0 Å². The van der Waals surface area contributed by atoms with Crippen LogP contribution in [0.5, 0.6) is 5.75 Å². The number of aromatic hydroxyl groups is 1. The van der Waals surface area contributed by atoms with Crippen LogP contribution >= 0.6 is 0 Å². The molecular formula is C13H15N3O6. The molecule has 0 spiro atoms. The smallest absolute Gasteiger partial charge is 0.341 e. The van der Waals surface area contributed by atoms with Gasteiger partial charge in [-0.1, -0.05) is 0 Å². The largest absolute Gasteiger partial charge is 0.503 e. The van der Waals surface area contributed by atoms with Crippen LogP contribution in [0.3, 0.4) is 0 Å². The minimum Gasteiger partial charge on any atom is -0.503 e. The summed E-state index contributed by atoms with van der Waals surface area (Å²) in [7, 11) is 3.09. The van der Waals surface area contributed by atoms with E-state index in [0.29, 0.717) is 0 Å². The quantitative estimate of drug-likeness (QED) is 0.723. The van der Waals surface area contributed by atoms with Crippen LogP contribution in [-0.2, 0) is 11.3 Å². The van der Waals surface area contributed by atoms with Crippen molar-refractivity contribution in [1.29, 1.82) is 0 Å². The van der Waals surface area contributed by atoms with E-state index in [1.807, 2.05) is 0 Å². The summed E-state index contributed by atoms with van der Waals surface area (Å²) in [5.41, 5.74) is -2.02. The third-order valence-corrected chi connectivity index (χ3v) is 3.41. The van der Waals surface area contributed by atoms with Crippen molar-refractivity contribution in [2.75, 3.05) is 27.2 Å². The van der Waals surface area contributed by atoms with E-state index in [-0.39, 0.29) is 31.2 Å². The van der Waals surface area contributed by atoms with E-state index in [1.54, 1.807) is 14.1 Å². The Morgan fingerprint density at radius 2 is 1.91 bits per heavy atom. The Kier molecular flexibility index (Phi) is 3.89. The monoisotopic (exact) mass is 309 g/mol. The topological polar surface area (TPSA) is 120 Å². The van der Waals surface area contributed by atoms with Crippen LogP contribution in [0.15, 0.2) is 11.0 Å². The number of rotatable bonds is 3. The number of nitrogens with zero attached hydrogens (tertiary/aromatic N) is 3. The summed E-state index contributed by atoms with van der Waals surface area (Å²) in [4.78, 5) is 49.3. The van der Waals surface area contributed by atoms with E-state index in [9.17, 15) is 24.3 Å². The maximum Gasteiger partial charge on any atom is 0.341 e. The number of pyridine rings is 1. The lowest BCUT2D eigenvalue weighted by Crippen LogP contribution is -2.46. The van der Waals surface area contributed by atoms with Crippen LogP contribution in [0.2, 0.25) is 0 Å². The highest BCUT2D eigenvalue weighted by molar-refractivity contribution is 5.99. The molecule has 0 unspecified atom stereocenters. The number of carbonyl (C=O) groups is 3. The summed E-state index contributed by atoms with van der Waals surface area (Å²) in [5.74, 6) is -3.38. The van der Waals surface area contributed by atoms with Gasteiger partial charge in [0.2, 0.25) is 11.3 Å². The predicted octanol–water partition coefficient (Wildman–Crippen LogP) is -1.20. The maximum absolute atomic E-state index is 12.3. The second-order valence-corrected chi connectivity index (χ2v) is 5.08. The van der Waals surface area contributed by atoms with E-state index in [1.165, 1.54) is 14.4 Å². The third kappa shape index (κ3) is 2.52. The number of aromatic nitrogens is 1. The van der Waals surface area contributed by atoms with Crippen molar-refractivity contribution in [2.45, 2.75) is 6.54 Å². The Bertz CT molecular complexity index is 721. The lowest BCUT2D eigenvalue weighted by molar-refractivity contribution is -0.129. The molecule has 2 N–H and O–H groups in total. The highest BCUT2D eigenvalue weighted by Crippen LogP contribution is 2.20. The molecule has 9 heteroatoms. The van der Waals surface area contributed by atoms with Gasteiger partial charge in [-0.2, -0.15) is 0 Å². The standard InChI is InChI=1S/C13H15N3O6/c1-14(2)8(17)6-16-4-3-15-5-7(13(21)22)10(18)11(19)9(15)12(16)20/h5,19H,3-4,6H2,1-2H3,(H,21,22). The molecule has 2 heterocycles. The Labute approximate surface area is 125 Å². The predicted molar refractivity (Wildman–Crippen MR) is 73.9 cm³/mol. The number of fused-ring (bicyclic) bond motifs is 1. The number of aromatic carboxylic acids is 1. The number of hydrogen-bond acceptors (Lipinski definition) is 5. The van der Waals surface area contributed by atoms with Crippen LogP contribution < -0.4 is 5.43 Å². The molecule has 0 atom stereocenters. The van der Waals surface area contributed by atoms with Gasteiger partial charge < -0.3 is 24.6 Å². The van der Waals surface area contributed by atoms with E-state index in [0.717, 1.165) is 6.20 Å². The van der Waals surface area contributed by atoms with Crippen molar-refractivity contribution in [2.24, 2.45) is 0 Å². The van der Waals surface area contributed by atoms with Crippen molar-refractivity contribution in [3.8, 4) is 5.75 Å². The van der Waals surface area contributed by atoms with Crippen molar-refractivity contribution in [1.82, 2.24) is 14.4 Å². The molecule has 0 fully saturated rings. The molecule has 0 aromatic carbocycles. The molecule has 0 saturated heterocycles. The van der Waals surface area contributed by atoms with Gasteiger partial charge in [0, 0.05) is 33.4 Å². The Hall–Kier alpha value is -2.84. The van der Waals surface area contributed by atoms with E-state index >= 15 is 0 Å². The van der Waals surface area contributed by atoms with Crippen molar-refractivity contribution < 1.29 is 24.6 Å². The fourth-order valence-electron chi connectivity index (χ4n) is 2.14. The Morgan fingerprint density at radius 3 is 2.45 bits per heavy atom. The van der Waals surface area contributed by atoms with Gasteiger partial charge in [0.1, 0.15) is 12.1 Å². The molecule has 2 rings (SSSR count). The molecule has 1 aliphatic rings. The lowest BCUT2D eigenvalue weighted by Gasteiger charge is -2.30. The molecule has 1 aliphatic heterocycles. The average Bonchev–Trinajstić information content (AvgIpc) is 2.44. The van der Waals surface area contributed by atoms with Crippen LogP contribution in [0.25, 0.3) is 0 Å². The zero-order valence-corrected chi connectivity index (χ0v) is 12.1. The lowest BCUT2D eigenvalue weighted by atomic mass is 10.1. The van der Waals surface area contributed by atoms with E-state index in [2.05, 4.69) is 0 Å². The summed E-state index contributed by atoms with van der Waals surface area (Å²) in [6.45, 7) is 0.169. The van der Waals surface area contributed by atoms with E-state index in [4.69, 9.17) is 5.11 Å². The molecule has 0 bridgehead atoms. The highest BCUT2D eigenvalue weighted by atomic mass is 16.4. The first-order valence-electron chi connectivity index (χ1n) is 6.43. The van der Waals surface area contributed by atoms with Gasteiger partial charge >= 0.3 is 5.97 Å². The average molecular weight is 309 g/mol. The van der Waals surface area contributed by atoms with Gasteiger partial charge in [-0.3, -0.25) is 14.4 Å². The molecule has 0 radical (unpaired) electrons. The summed E-state index contributed by atoms with van der Waals surface area (Å²) >= 11 is 0. The van der Waals surface area contributed by atoms with Gasteiger partial charge in [-0.05, 0) is 0 Å². The molecule has 118 valence electrons. The Morgan fingerprint density at radius 1 is 1.27 bits per heavy atom. The maximum atomic E-state index is 12.3. The van der Waals surface area contributed by atoms with Gasteiger partial charge in [0.25, 0.3) is 5.91 Å². The van der Waals surface area contributed by atoms with Gasteiger partial charge in [-0.15, -0.1) is 0 Å². The number of hydrogen-bond donors (Lipinski definition) is 2. The molecule has 0 aliphatic carbocycles. The number of amides is 2.